The first-order valence-corrected chi connectivity index (χ1v) is 12.5. The topological polar surface area (TPSA) is 95.9 Å². The number of ether oxygens (including phenoxy) is 1. The van der Waals surface area contributed by atoms with Gasteiger partial charge in [-0.05, 0) is 54.9 Å². The quantitative estimate of drug-likeness (QED) is 0.644. The monoisotopic (exact) mass is 476 g/mol. The fourth-order valence-electron chi connectivity index (χ4n) is 5.96. The van der Waals surface area contributed by atoms with Crippen LogP contribution in [0.4, 0.5) is 4.79 Å². The number of hydrogen-bond donors (Lipinski definition) is 2. The minimum atomic E-state index is -0.792. The number of fused-ring (bicyclic) bond motifs is 3. The molecule has 0 aromatic heterocycles. The highest BCUT2D eigenvalue weighted by atomic mass is 16.5. The van der Waals surface area contributed by atoms with Crippen molar-refractivity contribution < 1.29 is 24.2 Å². The molecule has 2 amide bonds. The van der Waals surface area contributed by atoms with Gasteiger partial charge in [-0.2, -0.15) is 0 Å². The van der Waals surface area contributed by atoms with Crippen LogP contribution in [0.2, 0.25) is 0 Å². The highest BCUT2D eigenvalue weighted by Gasteiger charge is 2.48. The molecular formula is C28H32N2O5. The van der Waals surface area contributed by atoms with Gasteiger partial charge >= 0.3 is 12.1 Å². The summed E-state index contributed by atoms with van der Waals surface area (Å²) in [5, 5.41) is 12.2. The van der Waals surface area contributed by atoms with Gasteiger partial charge in [0.15, 0.2) is 0 Å². The number of piperidine rings is 1. The Labute approximate surface area is 205 Å². The minimum Gasteiger partial charge on any atom is -0.481 e. The van der Waals surface area contributed by atoms with Gasteiger partial charge in [0, 0.05) is 25.0 Å². The van der Waals surface area contributed by atoms with Crippen LogP contribution >= 0.6 is 0 Å². The van der Waals surface area contributed by atoms with Crippen LogP contribution in [0.3, 0.4) is 0 Å². The van der Waals surface area contributed by atoms with Crippen molar-refractivity contribution >= 4 is 18.0 Å². The van der Waals surface area contributed by atoms with Crippen molar-refractivity contribution in [2.75, 3.05) is 19.7 Å². The number of nitrogens with zero attached hydrogens (tertiary/aromatic N) is 1. The molecule has 1 aliphatic heterocycles. The average Bonchev–Trinajstić information content (AvgIpc) is 3.15. The number of hydrogen-bond acceptors (Lipinski definition) is 4. The molecule has 1 saturated carbocycles. The van der Waals surface area contributed by atoms with E-state index in [2.05, 4.69) is 29.6 Å². The van der Waals surface area contributed by atoms with E-state index in [4.69, 9.17) is 4.74 Å². The predicted octanol–water partition coefficient (Wildman–Crippen LogP) is 4.41. The molecule has 2 atom stereocenters. The van der Waals surface area contributed by atoms with E-state index in [1.165, 1.54) is 11.1 Å². The minimum absolute atomic E-state index is 0.0103. The van der Waals surface area contributed by atoms with E-state index in [0.717, 1.165) is 30.4 Å². The fraction of sp³-hybridized carbons (Fsp3) is 0.464. The van der Waals surface area contributed by atoms with Crippen LogP contribution in [-0.2, 0) is 14.3 Å². The summed E-state index contributed by atoms with van der Waals surface area (Å²) in [7, 11) is 0. The van der Waals surface area contributed by atoms with Crippen LogP contribution in [0, 0.1) is 11.3 Å². The number of benzene rings is 2. The van der Waals surface area contributed by atoms with Gasteiger partial charge in [0.25, 0.3) is 0 Å². The Bertz CT molecular complexity index is 1100. The molecule has 0 unspecified atom stereocenters. The van der Waals surface area contributed by atoms with Crippen molar-refractivity contribution in [3.63, 3.8) is 0 Å². The third kappa shape index (κ3) is 4.28. The largest absolute Gasteiger partial charge is 0.481 e. The van der Waals surface area contributed by atoms with Crippen molar-refractivity contribution in [3.05, 3.63) is 59.7 Å². The highest BCUT2D eigenvalue weighted by Crippen LogP contribution is 2.45. The van der Waals surface area contributed by atoms with E-state index >= 15 is 0 Å². The van der Waals surface area contributed by atoms with Crippen LogP contribution in [0.15, 0.2) is 48.5 Å². The van der Waals surface area contributed by atoms with E-state index in [1.807, 2.05) is 36.1 Å². The molecule has 2 aromatic rings. The van der Waals surface area contributed by atoms with Crippen molar-refractivity contribution in [1.82, 2.24) is 10.2 Å². The SMILES string of the molecule is C[C@H]1C[C@@H](C(=O)O)CCN1C(=O)C1(CNC(=O)OCC2c3ccccc3-c3ccccc32)CCC1. The lowest BCUT2D eigenvalue weighted by atomic mass is 9.67. The summed E-state index contributed by atoms with van der Waals surface area (Å²) in [4.78, 5) is 39.3. The second kappa shape index (κ2) is 9.36. The molecule has 0 spiro atoms. The Hall–Kier alpha value is -3.35. The molecular weight excluding hydrogens is 444 g/mol. The molecule has 2 N–H and O–H groups in total. The maximum atomic E-state index is 13.4. The number of carboxylic acids is 1. The smallest absolute Gasteiger partial charge is 0.407 e. The van der Waals surface area contributed by atoms with Crippen molar-refractivity contribution in [2.24, 2.45) is 11.3 Å². The second-order valence-corrected chi connectivity index (χ2v) is 10.2. The van der Waals surface area contributed by atoms with Gasteiger partial charge in [-0.3, -0.25) is 9.59 Å². The number of rotatable bonds is 6. The van der Waals surface area contributed by atoms with Gasteiger partial charge in [0.05, 0.1) is 11.3 Å². The number of likely N-dealkylation sites (tertiary alicyclic amines) is 1. The van der Waals surface area contributed by atoms with Crippen molar-refractivity contribution in [3.8, 4) is 11.1 Å². The zero-order chi connectivity index (χ0) is 24.6. The lowest BCUT2D eigenvalue weighted by molar-refractivity contribution is -0.155. The molecule has 3 aliphatic rings. The number of amides is 2. The first-order chi connectivity index (χ1) is 16.9. The lowest BCUT2D eigenvalue weighted by Gasteiger charge is -2.47. The molecule has 0 radical (unpaired) electrons. The number of carboxylic acid groups (broad SMARTS) is 1. The normalized spacial score (nSPS) is 22.5. The molecule has 0 bridgehead atoms. The molecule has 1 heterocycles. The van der Waals surface area contributed by atoms with Gasteiger partial charge < -0.3 is 20.1 Å². The van der Waals surface area contributed by atoms with Gasteiger partial charge in [0.2, 0.25) is 5.91 Å². The summed E-state index contributed by atoms with van der Waals surface area (Å²) in [6.07, 6.45) is 2.82. The van der Waals surface area contributed by atoms with Crippen LogP contribution in [0.1, 0.15) is 56.1 Å². The standard InChI is InChI=1S/C28H32N2O5/c1-18-15-19(25(31)32)11-14-30(18)26(33)28(12-6-13-28)17-29-27(34)35-16-24-22-9-4-2-7-20(22)21-8-3-5-10-23(21)24/h2-5,7-10,18-19,24H,6,11-17H2,1H3,(H,29,34)(H,31,32)/t18-,19-/m0/s1. The fourth-order valence-corrected chi connectivity index (χ4v) is 5.96. The Balaban J connectivity index is 1.19. The number of carbonyl (C=O) groups is 3. The Kier molecular flexibility index (Phi) is 6.26. The molecule has 2 aliphatic carbocycles. The summed E-state index contributed by atoms with van der Waals surface area (Å²) in [6.45, 7) is 2.84. The van der Waals surface area contributed by atoms with Crippen LogP contribution in [0.5, 0.6) is 0 Å². The third-order valence-corrected chi connectivity index (χ3v) is 8.17. The van der Waals surface area contributed by atoms with Crippen LogP contribution in [-0.4, -0.2) is 53.7 Å². The Morgan fingerprint density at radius 1 is 1.06 bits per heavy atom. The van der Waals surface area contributed by atoms with Gasteiger partial charge in [-0.15, -0.1) is 0 Å². The van der Waals surface area contributed by atoms with E-state index in [0.29, 0.717) is 19.4 Å². The van der Waals surface area contributed by atoms with Crippen molar-refractivity contribution in [2.45, 2.75) is 51.0 Å². The van der Waals surface area contributed by atoms with Crippen molar-refractivity contribution in [1.29, 1.82) is 0 Å². The van der Waals surface area contributed by atoms with E-state index in [9.17, 15) is 19.5 Å². The molecule has 7 heteroatoms. The first-order valence-electron chi connectivity index (χ1n) is 12.5. The predicted molar refractivity (Wildman–Crippen MR) is 131 cm³/mol. The van der Waals surface area contributed by atoms with E-state index in [1.54, 1.807) is 0 Å². The molecule has 2 fully saturated rings. The van der Waals surface area contributed by atoms with Gasteiger partial charge in [-0.25, -0.2) is 4.79 Å². The zero-order valence-corrected chi connectivity index (χ0v) is 20.0. The maximum absolute atomic E-state index is 13.4. The molecule has 2 aromatic carbocycles. The number of alkyl carbamates (subject to hydrolysis) is 1. The molecule has 1 saturated heterocycles. The van der Waals surface area contributed by atoms with Gasteiger partial charge in [-0.1, -0.05) is 55.0 Å². The number of carbonyl (C=O) groups excluding carboxylic acids is 2. The lowest BCUT2D eigenvalue weighted by Crippen LogP contribution is -2.57. The van der Waals surface area contributed by atoms with Crippen LogP contribution in [0.25, 0.3) is 11.1 Å². The Morgan fingerprint density at radius 3 is 2.23 bits per heavy atom. The highest BCUT2D eigenvalue weighted by molar-refractivity contribution is 5.85. The zero-order valence-electron chi connectivity index (χ0n) is 20.0. The number of nitrogens with one attached hydrogen (secondary N) is 1. The van der Waals surface area contributed by atoms with Crippen LogP contribution < -0.4 is 5.32 Å². The maximum Gasteiger partial charge on any atom is 0.407 e. The number of aliphatic carboxylic acids is 1. The van der Waals surface area contributed by atoms with E-state index in [-0.39, 0.29) is 31.0 Å². The molecule has 7 nitrogen and oxygen atoms in total. The van der Waals surface area contributed by atoms with Gasteiger partial charge in [0.1, 0.15) is 6.61 Å². The average molecular weight is 477 g/mol. The van der Waals surface area contributed by atoms with E-state index < -0.39 is 23.4 Å². The second-order valence-electron chi connectivity index (χ2n) is 10.2. The molecule has 5 rings (SSSR count). The summed E-state index contributed by atoms with van der Waals surface area (Å²) < 4.78 is 5.65. The summed E-state index contributed by atoms with van der Waals surface area (Å²) >= 11 is 0. The molecule has 35 heavy (non-hydrogen) atoms. The molecule has 184 valence electrons. The summed E-state index contributed by atoms with van der Waals surface area (Å²) in [5.41, 5.74) is 4.06. The summed E-state index contributed by atoms with van der Waals surface area (Å²) in [6, 6.07) is 16.3. The Morgan fingerprint density at radius 2 is 1.69 bits per heavy atom. The first kappa shape index (κ1) is 23.4. The summed E-state index contributed by atoms with van der Waals surface area (Å²) in [5.74, 6) is -1.17. The third-order valence-electron chi connectivity index (χ3n) is 8.17.